The van der Waals surface area contributed by atoms with E-state index in [0.29, 0.717) is 0 Å². The van der Waals surface area contributed by atoms with E-state index in [0.717, 1.165) is 24.0 Å². The van der Waals surface area contributed by atoms with E-state index in [4.69, 9.17) is 0 Å². The number of fused-ring (bicyclic) bond motifs is 1. The lowest BCUT2D eigenvalue weighted by Crippen LogP contribution is -2.05. The second kappa shape index (κ2) is 6.06. The van der Waals surface area contributed by atoms with Gasteiger partial charge in [-0.25, -0.2) is 4.79 Å². The van der Waals surface area contributed by atoms with Crippen molar-refractivity contribution >= 4 is 17.6 Å². The van der Waals surface area contributed by atoms with Gasteiger partial charge in [0.25, 0.3) is 0 Å². The third-order valence-electron chi connectivity index (χ3n) is 4.09. The van der Waals surface area contributed by atoms with Crippen LogP contribution >= 0.6 is 0 Å². The maximum Gasteiger partial charge on any atom is 0.336 e. The van der Waals surface area contributed by atoms with Crippen LogP contribution in [0.15, 0.2) is 42.5 Å². The molecular weight excluding hydrogens is 276 g/mol. The van der Waals surface area contributed by atoms with Crippen LogP contribution in [0.1, 0.15) is 35.1 Å². The highest BCUT2D eigenvalue weighted by Crippen LogP contribution is 2.27. The largest absolute Gasteiger partial charge is 0.508 e. The first kappa shape index (κ1) is 14.4. The molecule has 0 saturated heterocycles. The zero-order valence-corrected chi connectivity index (χ0v) is 12.2. The second-order valence-corrected chi connectivity index (χ2v) is 5.65. The maximum atomic E-state index is 11.6. The Morgan fingerprint density at radius 2 is 1.64 bits per heavy atom. The molecule has 3 heteroatoms. The first-order chi connectivity index (χ1) is 10.6. The number of rotatable bonds is 3. The van der Waals surface area contributed by atoms with Gasteiger partial charge in [0, 0.05) is 0 Å². The van der Waals surface area contributed by atoms with Crippen LogP contribution in [-0.4, -0.2) is 16.2 Å². The Hall–Kier alpha value is -2.55. The molecule has 2 aromatic rings. The number of aryl methyl sites for hydroxylation is 2. The molecule has 0 saturated carbocycles. The number of aliphatic carboxylic acids is 1. The van der Waals surface area contributed by atoms with Crippen LogP contribution in [0.25, 0.3) is 11.6 Å². The summed E-state index contributed by atoms with van der Waals surface area (Å²) in [5.74, 6) is -0.772. The van der Waals surface area contributed by atoms with Crippen LogP contribution in [0.2, 0.25) is 0 Å². The molecule has 0 heterocycles. The zero-order valence-electron chi connectivity index (χ0n) is 12.2. The van der Waals surface area contributed by atoms with Gasteiger partial charge in [-0.2, -0.15) is 0 Å². The van der Waals surface area contributed by atoms with E-state index in [1.54, 1.807) is 30.3 Å². The molecule has 0 aromatic heterocycles. The van der Waals surface area contributed by atoms with Gasteiger partial charge < -0.3 is 10.2 Å². The number of aromatic hydroxyl groups is 1. The van der Waals surface area contributed by atoms with Crippen LogP contribution in [0.5, 0.6) is 5.75 Å². The molecule has 22 heavy (non-hydrogen) atoms. The van der Waals surface area contributed by atoms with Gasteiger partial charge >= 0.3 is 5.97 Å². The second-order valence-electron chi connectivity index (χ2n) is 5.65. The van der Waals surface area contributed by atoms with Crippen molar-refractivity contribution in [1.82, 2.24) is 0 Å². The summed E-state index contributed by atoms with van der Waals surface area (Å²) < 4.78 is 0. The van der Waals surface area contributed by atoms with Crippen LogP contribution in [0.4, 0.5) is 0 Å². The maximum absolute atomic E-state index is 11.6. The van der Waals surface area contributed by atoms with Crippen molar-refractivity contribution in [3.05, 3.63) is 64.7 Å². The summed E-state index contributed by atoms with van der Waals surface area (Å²) >= 11 is 0. The average molecular weight is 294 g/mol. The van der Waals surface area contributed by atoms with Crippen LogP contribution in [0, 0.1) is 0 Å². The fourth-order valence-electron chi connectivity index (χ4n) is 2.91. The van der Waals surface area contributed by atoms with Gasteiger partial charge in [0.15, 0.2) is 0 Å². The fraction of sp³-hybridized carbons (Fsp3) is 0.211. The standard InChI is InChI=1S/C19H18O3/c20-17-9-5-13(6-10-17)11-18(19(21)22)16-8-7-14-3-1-2-4-15(14)12-16/h5-12,20H,1-4H2,(H,21,22)/b18-11-. The minimum absolute atomic E-state index is 0.169. The predicted molar refractivity (Wildman–Crippen MR) is 86.7 cm³/mol. The Kier molecular flexibility index (Phi) is 3.96. The molecule has 0 unspecified atom stereocenters. The minimum Gasteiger partial charge on any atom is -0.508 e. The molecule has 0 bridgehead atoms. The van der Waals surface area contributed by atoms with Gasteiger partial charge in [-0.1, -0.05) is 30.3 Å². The molecule has 3 nitrogen and oxygen atoms in total. The van der Waals surface area contributed by atoms with E-state index in [2.05, 4.69) is 6.07 Å². The van der Waals surface area contributed by atoms with Gasteiger partial charge in [0.1, 0.15) is 5.75 Å². The molecule has 3 rings (SSSR count). The Bertz CT molecular complexity index is 727. The lowest BCUT2D eigenvalue weighted by atomic mass is 9.89. The average Bonchev–Trinajstić information content (AvgIpc) is 2.53. The Morgan fingerprint density at radius 3 is 2.32 bits per heavy atom. The Morgan fingerprint density at radius 1 is 0.955 bits per heavy atom. The van der Waals surface area contributed by atoms with E-state index in [1.807, 2.05) is 12.1 Å². The summed E-state index contributed by atoms with van der Waals surface area (Å²) in [6.45, 7) is 0. The van der Waals surface area contributed by atoms with E-state index in [1.165, 1.54) is 24.0 Å². The van der Waals surface area contributed by atoms with E-state index in [-0.39, 0.29) is 11.3 Å². The number of hydrogen-bond acceptors (Lipinski definition) is 2. The van der Waals surface area contributed by atoms with Gasteiger partial charge in [-0.05, 0) is 66.1 Å². The first-order valence-electron chi connectivity index (χ1n) is 7.50. The number of carbonyl (C=O) groups is 1. The zero-order chi connectivity index (χ0) is 15.5. The van der Waals surface area contributed by atoms with Crippen molar-refractivity contribution in [2.45, 2.75) is 25.7 Å². The Balaban J connectivity index is 2.01. The molecule has 0 amide bonds. The molecule has 2 aromatic carbocycles. The molecule has 0 atom stereocenters. The molecule has 112 valence electrons. The van der Waals surface area contributed by atoms with Gasteiger partial charge in [0.2, 0.25) is 0 Å². The third-order valence-corrected chi connectivity index (χ3v) is 4.09. The number of phenolic OH excluding ortho intramolecular Hbond substituents is 1. The highest BCUT2D eigenvalue weighted by Gasteiger charge is 2.15. The van der Waals surface area contributed by atoms with Crippen LogP contribution in [-0.2, 0) is 17.6 Å². The minimum atomic E-state index is -0.941. The molecule has 1 aliphatic rings. The normalized spacial score (nSPS) is 14.5. The highest BCUT2D eigenvalue weighted by molar-refractivity contribution is 6.20. The van der Waals surface area contributed by atoms with Crippen molar-refractivity contribution in [2.24, 2.45) is 0 Å². The molecular formula is C19H18O3. The smallest absolute Gasteiger partial charge is 0.336 e. The quantitative estimate of drug-likeness (QED) is 0.667. The molecule has 0 radical (unpaired) electrons. The van der Waals surface area contributed by atoms with E-state index >= 15 is 0 Å². The molecule has 2 N–H and O–H groups in total. The van der Waals surface area contributed by atoms with Gasteiger partial charge in [-0.3, -0.25) is 0 Å². The SMILES string of the molecule is O=C(O)/C(=C\c1ccc(O)cc1)c1ccc2c(c1)CCCC2. The van der Waals surface area contributed by atoms with Crippen molar-refractivity contribution in [3.8, 4) is 5.75 Å². The first-order valence-corrected chi connectivity index (χ1v) is 7.50. The van der Waals surface area contributed by atoms with Crippen molar-refractivity contribution in [3.63, 3.8) is 0 Å². The topological polar surface area (TPSA) is 57.5 Å². The van der Waals surface area contributed by atoms with Crippen LogP contribution < -0.4 is 0 Å². The Labute approximate surface area is 129 Å². The van der Waals surface area contributed by atoms with E-state index < -0.39 is 5.97 Å². The van der Waals surface area contributed by atoms with E-state index in [9.17, 15) is 15.0 Å². The monoisotopic (exact) mass is 294 g/mol. The summed E-state index contributed by atoms with van der Waals surface area (Å²) in [4.78, 5) is 11.6. The number of carboxylic acid groups (broad SMARTS) is 1. The predicted octanol–water partition coefficient (Wildman–Crippen LogP) is 3.90. The van der Waals surface area contributed by atoms with Crippen molar-refractivity contribution in [1.29, 1.82) is 0 Å². The number of benzene rings is 2. The lowest BCUT2D eigenvalue weighted by molar-refractivity contribution is -0.130. The summed E-state index contributed by atoms with van der Waals surface area (Å²) in [6.07, 6.45) is 6.13. The van der Waals surface area contributed by atoms with Crippen molar-refractivity contribution in [2.75, 3.05) is 0 Å². The third kappa shape index (κ3) is 3.03. The molecule has 0 aliphatic heterocycles. The number of carboxylic acids is 1. The number of phenols is 1. The number of hydrogen-bond donors (Lipinski definition) is 2. The molecule has 0 fully saturated rings. The summed E-state index contributed by atoms with van der Waals surface area (Å²) in [6, 6.07) is 12.5. The molecule has 0 spiro atoms. The summed E-state index contributed by atoms with van der Waals surface area (Å²) in [5, 5.41) is 18.8. The van der Waals surface area contributed by atoms with Gasteiger partial charge in [-0.15, -0.1) is 0 Å². The summed E-state index contributed by atoms with van der Waals surface area (Å²) in [5.41, 5.74) is 4.37. The van der Waals surface area contributed by atoms with Gasteiger partial charge in [0.05, 0.1) is 5.57 Å². The molecule has 1 aliphatic carbocycles. The van der Waals surface area contributed by atoms with Crippen molar-refractivity contribution < 1.29 is 15.0 Å². The van der Waals surface area contributed by atoms with Crippen LogP contribution in [0.3, 0.4) is 0 Å². The fourth-order valence-corrected chi connectivity index (χ4v) is 2.91. The summed E-state index contributed by atoms with van der Waals surface area (Å²) in [7, 11) is 0. The highest BCUT2D eigenvalue weighted by atomic mass is 16.4. The lowest BCUT2D eigenvalue weighted by Gasteiger charge is -2.16.